The van der Waals surface area contributed by atoms with E-state index in [-0.39, 0.29) is 12.1 Å². The second kappa shape index (κ2) is 5.01. The second-order valence-corrected chi connectivity index (χ2v) is 3.55. The first-order valence-corrected chi connectivity index (χ1v) is 5.09. The number of aromatic nitrogens is 2. The molecule has 0 unspecified atom stereocenters. The molecule has 4 nitrogen and oxygen atoms in total. The van der Waals surface area contributed by atoms with Gasteiger partial charge in [-0.2, -0.15) is 0 Å². The van der Waals surface area contributed by atoms with Crippen LogP contribution in [0.3, 0.4) is 0 Å². The number of rotatable bonds is 4. The van der Waals surface area contributed by atoms with Crippen molar-refractivity contribution in [3.05, 3.63) is 47.2 Å². The Morgan fingerprint density at radius 1 is 1.24 bits per heavy atom. The number of aryl methyl sites for hydroxylation is 1. The molecule has 0 aliphatic heterocycles. The van der Waals surface area contributed by atoms with Gasteiger partial charge in [0.2, 0.25) is 11.8 Å². The highest BCUT2D eigenvalue weighted by Crippen LogP contribution is 2.09. The number of nitrogens with one attached hydrogen (secondary N) is 1. The van der Waals surface area contributed by atoms with Crippen LogP contribution < -0.4 is 5.32 Å². The average Bonchev–Trinajstić information content (AvgIpc) is 2.69. The Bertz CT molecular complexity index is 513. The maximum absolute atomic E-state index is 13.2. The molecule has 0 saturated carbocycles. The molecular weight excluding hydrogens is 228 g/mol. The molecule has 1 aromatic heterocycles. The lowest BCUT2D eigenvalue weighted by atomic mass is 10.2. The van der Waals surface area contributed by atoms with Crippen molar-refractivity contribution >= 4 is 0 Å². The quantitative estimate of drug-likeness (QED) is 0.885. The largest absolute Gasteiger partial charge is 0.424 e. The van der Waals surface area contributed by atoms with Crippen LogP contribution in [0.15, 0.2) is 22.6 Å². The molecule has 1 heterocycles. The van der Waals surface area contributed by atoms with Gasteiger partial charge in [0, 0.05) is 19.0 Å². The third-order valence-corrected chi connectivity index (χ3v) is 2.17. The van der Waals surface area contributed by atoms with Gasteiger partial charge in [0.25, 0.3) is 0 Å². The smallest absolute Gasteiger partial charge is 0.230 e. The number of halogens is 2. The molecule has 17 heavy (non-hydrogen) atoms. The van der Waals surface area contributed by atoms with Crippen LogP contribution in [0.4, 0.5) is 8.78 Å². The highest BCUT2D eigenvalue weighted by Gasteiger charge is 2.05. The SMILES string of the molecule is Cc1nnc(CNCc2cc(F)ccc2F)o1. The Morgan fingerprint density at radius 2 is 2.06 bits per heavy atom. The number of hydrogen-bond donors (Lipinski definition) is 1. The van der Waals surface area contributed by atoms with Crippen LogP contribution in [0.1, 0.15) is 17.3 Å². The summed E-state index contributed by atoms with van der Waals surface area (Å²) in [5.41, 5.74) is 0.265. The molecule has 2 rings (SSSR count). The van der Waals surface area contributed by atoms with Crippen LogP contribution >= 0.6 is 0 Å². The lowest BCUT2D eigenvalue weighted by Crippen LogP contribution is -2.14. The van der Waals surface area contributed by atoms with E-state index in [1.807, 2.05) is 0 Å². The molecule has 0 spiro atoms. The van der Waals surface area contributed by atoms with Crippen molar-refractivity contribution in [2.45, 2.75) is 20.0 Å². The van der Waals surface area contributed by atoms with E-state index < -0.39 is 11.6 Å². The van der Waals surface area contributed by atoms with E-state index in [4.69, 9.17) is 4.42 Å². The number of benzene rings is 1. The Hall–Kier alpha value is -1.82. The summed E-state index contributed by atoms with van der Waals surface area (Å²) in [7, 11) is 0. The molecule has 0 fully saturated rings. The summed E-state index contributed by atoms with van der Waals surface area (Å²) in [5, 5.41) is 10.3. The number of nitrogens with zero attached hydrogens (tertiary/aromatic N) is 2. The summed E-state index contributed by atoms with van der Waals surface area (Å²) in [6.07, 6.45) is 0. The van der Waals surface area contributed by atoms with Gasteiger partial charge >= 0.3 is 0 Å². The molecular formula is C11H11F2N3O. The predicted molar refractivity (Wildman–Crippen MR) is 55.9 cm³/mol. The van der Waals surface area contributed by atoms with E-state index in [1.54, 1.807) is 6.92 Å². The molecule has 2 aromatic rings. The average molecular weight is 239 g/mol. The van der Waals surface area contributed by atoms with Crippen LogP contribution in [-0.2, 0) is 13.1 Å². The van der Waals surface area contributed by atoms with Gasteiger partial charge in [0.1, 0.15) is 11.6 Å². The third kappa shape index (κ3) is 3.07. The van der Waals surface area contributed by atoms with E-state index in [1.165, 1.54) is 0 Å². The lowest BCUT2D eigenvalue weighted by Gasteiger charge is -2.03. The Balaban J connectivity index is 1.91. The summed E-state index contributed by atoms with van der Waals surface area (Å²) < 4.78 is 31.2. The highest BCUT2D eigenvalue weighted by molar-refractivity contribution is 5.18. The van der Waals surface area contributed by atoms with Crippen molar-refractivity contribution in [2.75, 3.05) is 0 Å². The minimum Gasteiger partial charge on any atom is -0.424 e. The first-order chi connectivity index (χ1) is 8.15. The summed E-state index contributed by atoms with van der Waals surface area (Å²) >= 11 is 0. The maximum atomic E-state index is 13.2. The van der Waals surface area contributed by atoms with Crippen molar-refractivity contribution in [3.63, 3.8) is 0 Å². The zero-order valence-corrected chi connectivity index (χ0v) is 9.20. The molecule has 0 atom stereocenters. The fourth-order valence-electron chi connectivity index (χ4n) is 1.39. The van der Waals surface area contributed by atoms with E-state index in [2.05, 4.69) is 15.5 Å². The zero-order valence-electron chi connectivity index (χ0n) is 9.20. The standard InChI is InChI=1S/C11H11F2N3O/c1-7-15-16-11(17-7)6-14-5-8-4-9(12)2-3-10(8)13/h2-4,14H,5-6H2,1H3. The fourth-order valence-corrected chi connectivity index (χ4v) is 1.39. The summed E-state index contributed by atoms with van der Waals surface area (Å²) in [5.74, 6) is -0.0181. The lowest BCUT2D eigenvalue weighted by molar-refractivity contribution is 0.444. The molecule has 90 valence electrons. The zero-order chi connectivity index (χ0) is 12.3. The fraction of sp³-hybridized carbons (Fsp3) is 0.273. The molecule has 0 aliphatic rings. The highest BCUT2D eigenvalue weighted by atomic mass is 19.1. The van der Waals surface area contributed by atoms with E-state index in [0.717, 1.165) is 18.2 Å². The maximum Gasteiger partial charge on any atom is 0.230 e. The van der Waals surface area contributed by atoms with Gasteiger partial charge in [-0.3, -0.25) is 0 Å². The van der Waals surface area contributed by atoms with E-state index in [0.29, 0.717) is 18.3 Å². The van der Waals surface area contributed by atoms with Gasteiger partial charge in [-0.1, -0.05) is 0 Å². The molecule has 1 aromatic carbocycles. The molecule has 0 saturated heterocycles. The minimum absolute atomic E-state index is 0.199. The first kappa shape index (κ1) is 11.7. The third-order valence-electron chi connectivity index (χ3n) is 2.17. The summed E-state index contributed by atoms with van der Waals surface area (Å²) in [6.45, 7) is 2.20. The molecule has 6 heteroatoms. The van der Waals surface area contributed by atoms with Gasteiger partial charge < -0.3 is 9.73 Å². The normalized spacial score (nSPS) is 10.8. The van der Waals surface area contributed by atoms with Crippen molar-refractivity contribution < 1.29 is 13.2 Å². The Labute approximate surface area is 96.7 Å². The molecule has 0 radical (unpaired) electrons. The molecule has 0 bridgehead atoms. The van der Waals surface area contributed by atoms with Gasteiger partial charge in [-0.15, -0.1) is 10.2 Å². The first-order valence-electron chi connectivity index (χ1n) is 5.09. The Morgan fingerprint density at radius 3 is 2.76 bits per heavy atom. The van der Waals surface area contributed by atoms with Crippen LogP contribution in [0.2, 0.25) is 0 Å². The van der Waals surface area contributed by atoms with Gasteiger partial charge in [0.05, 0.1) is 6.54 Å². The van der Waals surface area contributed by atoms with Gasteiger partial charge in [0.15, 0.2) is 0 Å². The van der Waals surface area contributed by atoms with Crippen molar-refractivity contribution in [1.82, 2.24) is 15.5 Å². The summed E-state index contributed by atoms with van der Waals surface area (Å²) in [6, 6.07) is 3.34. The van der Waals surface area contributed by atoms with Crippen molar-refractivity contribution in [1.29, 1.82) is 0 Å². The van der Waals surface area contributed by atoms with E-state index in [9.17, 15) is 8.78 Å². The topological polar surface area (TPSA) is 51.0 Å². The monoisotopic (exact) mass is 239 g/mol. The van der Waals surface area contributed by atoms with Crippen LogP contribution in [0, 0.1) is 18.6 Å². The molecule has 0 aliphatic carbocycles. The second-order valence-electron chi connectivity index (χ2n) is 3.55. The minimum atomic E-state index is -0.461. The van der Waals surface area contributed by atoms with Gasteiger partial charge in [-0.05, 0) is 18.2 Å². The predicted octanol–water partition coefficient (Wildman–Crippen LogP) is 1.95. The van der Waals surface area contributed by atoms with Crippen LogP contribution in [-0.4, -0.2) is 10.2 Å². The van der Waals surface area contributed by atoms with Gasteiger partial charge in [-0.25, -0.2) is 8.78 Å². The Kier molecular flexibility index (Phi) is 3.43. The van der Waals surface area contributed by atoms with Crippen molar-refractivity contribution in [3.8, 4) is 0 Å². The molecule has 0 amide bonds. The van der Waals surface area contributed by atoms with Crippen LogP contribution in [0.5, 0.6) is 0 Å². The van der Waals surface area contributed by atoms with Crippen molar-refractivity contribution in [2.24, 2.45) is 0 Å². The van der Waals surface area contributed by atoms with E-state index >= 15 is 0 Å². The van der Waals surface area contributed by atoms with Crippen LogP contribution in [0.25, 0.3) is 0 Å². The summed E-state index contributed by atoms with van der Waals surface area (Å²) in [4.78, 5) is 0. The molecule has 1 N–H and O–H groups in total. The number of hydrogen-bond acceptors (Lipinski definition) is 4.